The van der Waals surface area contributed by atoms with Crippen molar-refractivity contribution < 1.29 is 17.9 Å². The van der Waals surface area contributed by atoms with Crippen LogP contribution in [-0.2, 0) is 21.4 Å². The summed E-state index contributed by atoms with van der Waals surface area (Å²) in [6, 6.07) is 16.4. The zero-order chi connectivity index (χ0) is 18.1. The Labute approximate surface area is 147 Å². The molecule has 25 heavy (non-hydrogen) atoms. The van der Waals surface area contributed by atoms with Gasteiger partial charge in [0.1, 0.15) is 16.9 Å². The maximum atomic E-state index is 12.3. The van der Waals surface area contributed by atoms with Gasteiger partial charge in [-0.2, -0.15) is 0 Å². The van der Waals surface area contributed by atoms with Gasteiger partial charge in [-0.25, -0.2) is 13.1 Å². The zero-order valence-electron chi connectivity index (χ0n) is 14.2. The Morgan fingerprint density at radius 3 is 2.48 bits per heavy atom. The van der Waals surface area contributed by atoms with Crippen molar-refractivity contribution in [1.29, 1.82) is 0 Å². The van der Waals surface area contributed by atoms with Gasteiger partial charge in [-0.1, -0.05) is 48.0 Å². The maximum Gasteiger partial charge on any atom is 0.215 e. The highest BCUT2D eigenvalue weighted by Crippen LogP contribution is 2.27. The minimum absolute atomic E-state index is 0.135. The molecule has 1 aromatic heterocycles. The first kappa shape index (κ1) is 17.7. The van der Waals surface area contributed by atoms with Crippen molar-refractivity contribution >= 4 is 21.0 Å². The molecule has 1 heterocycles. The fraction of sp³-hybridized carbons (Fsp3) is 0.263. The van der Waals surface area contributed by atoms with Crippen LogP contribution in [0, 0.1) is 6.92 Å². The summed E-state index contributed by atoms with van der Waals surface area (Å²) < 4.78 is 32.7. The number of aryl methyl sites for hydroxylation is 1. The Hall–Kier alpha value is -2.15. The van der Waals surface area contributed by atoms with Crippen LogP contribution in [0.25, 0.3) is 11.0 Å². The van der Waals surface area contributed by atoms with Crippen molar-refractivity contribution in [2.24, 2.45) is 0 Å². The second-order valence-corrected chi connectivity index (χ2v) is 8.29. The molecule has 1 unspecified atom stereocenters. The smallest absolute Gasteiger partial charge is 0.215 e. The number of benzene rings is 2. The van der Waals surface area contributed by atoms with Crippen molar-refractivity contribution in [3.63, 3.8) is 0 Å². The lowest BCUT2D eigenvalue weighted by Crippen LogP contribution is -2.38. The lowest BCUT2D eigenvalue weighted by molar-refractivity contribution is 0.0411. The average molecular weight is 359 g/mol. The van der Waals surface area contributed by atoms with Crippen LogP contribution in [-0.4, -0.2) is 20.1 Å². The van der Waals surface area contributed by atoms with Crippen LogP contribution < -0.4 is 4.72 Å². The molecule has 0 spiro atoms. The van der Waals surface area contributed by atoms with Crippen LogP contribution in [0.15, 0.2) is 59.0 Å². The van der Waals surface area contributed by atoms with Crippen molar-refractivity contribution in [2.75, 3.05) is 6.54 Å². The summed E-state index contributed by atoms with van der Waals surface area (Å²) >= 11 is 0. The van der Waals surface area contributed by atoms with E-state index in [0.29, 0.717) is 16.9 Å². The van der Waals surface area contributed by atoms with E-state index in [1.807, 2.05) is 37.3 Å². The van der Waals surface area contributed by atoms with Gasteiger partial charge in [0.2, 0.25) is 10.0 Å². The molecule has 2 aromatic carbocycles. The molecule has 5 nitrogen and oxygen atoms in total. The van der Waals surface area contributed by atoms with E-state index in [9.17, 15) is 13.5 Å². The van der Waals surface area contributed by atoms with E-state index in [1.54, 1.807) is 24.3 Å². The number of hydrogen-bond acceptors (Lipinski definition) is 4. The molecule has 6 heteroatoms. The molecule has 0 bridgehead atoms. The third-order valence-corrected chi connectivity index (χ3v) is 5.37. The fourth-order valence-electron chi connectivity index (χ4n) is 2.54. The van der Waals surface area contributed by atoms with Gasteiger partial charge in [-0.3, -0.25) is 0 Å². The van der Waals surface area contributed by atoms with E-state index in [4.69, 9.17) is 4.42 Å². The highest BCUT2D eigenvalue weighted by Gasteiger charge is 2.29. The first-order chi connectivity index (χ1) is 11.8. The zero-order valence-corrected chi connectivity index (χ0v) is 15.0. The van der Waals surface area contributed by atoms with E-state index < -0.39 is 15.6 Å². The normalized spacial score (nSPS) is 14.5. The van der Waals surface area contributed by atoms with Crippen molar-refractivity contribution in [3.05, 3.63) is 71.5 Å². The predicted molar refractivity (Wildman–Crippen MR) is 97.6 cm³/mol. The lowest BCUT2D eigenvalue weighted by atomic mass is 10.0. The highest BCUT2D eigenvalue weighted by molar-refractivity contribution is 7.88. The summed E-state index contributed by atoms with van der Waals surface area (Å²) in [6.45, 7) is 3.31. The van der Waals surface area contributed by atoms with E-state index in [1.165, 1.54) is 6.92 Å². The first-order valence-electron chi connectivity index (χ1n) is 7.99. The minimum atomic E-state index is -3.57. The molecule has 0 aliphatic carbocycles. The number of para-hydroxylation sites is 1. The number of sulfonamides is 1. The van der Waals surface area contributed by atoms with Crippen LogP contribution in [0.5, 0.6) is 0 Å². The molecule has 132 valence electrons. The molecule has 0 amide bonds. The SMILES string of the molecule is Cc1ccc(CS(=O)(=O)NCC(C)(O)c2cc3ccccc3o2)cc1. The summed E-state index contributed by atoms with van der Waals surface area (Å²) in [7, 11) is -3.57. The number of furan rings is 1. The van der Waals surface area contributed by atoms with Crippen LogP contribution >= 0.6 is 0 Å². The van der Waals surface area contributed by atoms with Gasteiger partial charge in [-0.05, 0) is 31.5 Å². The van der Waals surface area contributed by atoms with Gasteiger partial charge in [-0.15, -0.1) is 0 Å². The van der Waals surface area contributed by atoms with Crippen LogP contribution in [0.2, 0.25) is 0 Å². The maximum absolute atomic E-state index is 12.3. The average Bonchev–Trinajstić information content (AvgIpc) is 3.00. The Balaban J connectivity index is 1.71. The monoisotopic (exact) mass is 359 g/mol. The molecule has 3 aromatic rings. The minimum Gasteiger partial charge on any atom is -0.458 e. The summed E-state index contributed by atoms with van der Waals surface area (Å²) in [5.41, 5.74) is 0.975. The molecule has 0 saturated heterocycles. The van der Waals surface area contributed by atoms with E-state index in [-0.39, 0.29) is 12.3 Å². The van der Waals surface area contributed by atoms with Gasteiger partial charge < -0.3 is 9.52 Å². The Kier molecular flexibility index (Phi) is 4.69. The topological polar surface area (TPSA) is 79.5 Å². The molecule has 0 radical (unpaired) electrons. The standard InChI is InChI=1S/C19H21NO4S/c1-14-7-9-15(10-8-14)12-25(22,23)20-13-19(2,21)18-11-16-5-3-4-6-17(16)24-18/h3-11,20-21H,12-13H2,1-2H3. The third kappa shape index (κ3) is 4.28. The van der Waals surface area contributed by atoms with E-state index >= 15 is 0 Å². The fourth-order valence-corrected chi connectivity index (χ4v) is 3.77. The highest BCUT2D eigenvalue weighted by atomic mass is 32.2. The van der Waals surface area contributed by atoms with Crippen molar-refractivity contribution in [1.82, 2.24) is 4.72 Å². The second kappa shape index (κ2) is 6.63. The molecule has 1 atom stereocenters. The largest absolute Gasteiger partial charge is 0.458 e. The number of rotatable bonds is 6. The molecule has 0 saturated carbocycles. The van der Waals surface area contributed by atoms with Crippen LogP contribution in [0.3, 0.4) is 0 Å². The van der Waals surface area contributed by atoms with Crippen LogP contribution in [0.1, 0.15) is 23.8 Å². The summed E-state index contributed by atoms with van der Waals surface area (Å²) in [4.78, 5) is 0. The molecular weight excluding hydrogens is 338 g/mol. The van der Waals surface area contributed by atoms with Gasteiger partial charge in [0.15, 0.2) is 0 Å². The molecule has 0 aliphatic heterocycles. The molecule has 2 N–H and O–H groups in total. The molecule has 0 aliphatic rings. The quantitative estimate of drug-likeness (QED) is 0.709. The number of fused-ring (bicyclic) bond motifs is 1. The number of nitrogens with one attached hydrogen (secondary N) is 1. The first-order valence-corrected chi connectivity index (χ1v) is 9.65. The molecular formula is C19H21NO4S. The lowest BCUT2D eigenvalue weighted by Gasteiger charge is -2.21. The van der Waals surface area contributed by atoms with E-state index in [0.717, 1.165) is 10.9 Å². The molecule has 3 rings (SSSR count). The summed E-state index contributed by atoms with van der Waals surface area (Å²) in [6.07, 6.45) is 0. The van der Waals surface area contributed by atoms with Gasteiger partial charge in [0.25, 0.3) is 0 Å². The van der Waals surface area contributed by atoms with Gasteiger partial charge in [0.05, 0.1) is 5.75 Å². The van der Waals surface area contributed by atoms with Gasteiger partial charge in [0, 0.05) is 11.9 Å². The van der Waals surface area contributed by atoms with Crippen molar-refractivity contribution in [3.8, 4) is 0 Å². The summed E-state index contributed by atoms with van der Waals surface area (Å²) in [5.74, 6) is 0.190. The Morgan fingerprint density at radius 2 is 1.80 bits per heavy atom. The summed E-state index contributed by atoms with van der Waals surface area (Å²) in [5, 5.41) is 11.5. The Bertz CT molecular complexity index is 939. The van der Waals surface area contributed by atoms with Gasteiger partial charge >= 0.3 is 0 Å². The second-order valence-electron chi connectivity index (χ2n) is 6.49. The molecule has 0 fully saturated rings. The number of hydrogen-bond donors (Lipinski definition) is 2. The Morgan fingerprint density at radius 1 is 1.12 bits per heavy atom. The predicted octanol–water partition coefficient (Wildman–Crippen LogP) is 3.07. The number of aliphatic hydroxyl groups is 1. The van der Waals surface area contributed by atoms with E-state index in [2.05, 4.69) is 4.72 Å². The van der Waals surface area contributed by atoms with Crippen LogP contribution in [0.4, 0.5) is 0 Å². The van der Waals surface area contributed by atoms with Crippen molar-refractivity contribution in [2.45, 2.75) is 25.2 Å². The third-order valence-electron chi connectivity index (χ3n) is 4.07.